The summed E-state index contributed by atoms with van der Waals surface area (Å²) >= 11 is 7.67. The van der Waals surface area contributed by atoms with Crippen molar-refractivity contribution in [3.8, 4) is 11.5 Å². The van der Waals surface area contributed by atoms with Gasteiger partial charge in [0.15, 0.2) is 11.5 Å². The SMILES string of the molecule is CC(C)(C)OC(=O)N1CCC(c2cc(CCc3ccc(Cl)s3)n(C(=O)c3cccc4c3OCCO4)n2)CC1. The van der Waals surface area contributed by atoms with Crippen molar-refractivity contribution < 1.29 is 23.8 Å². The standard InChI is InChI=1S/C28H32ClN3O5S/c1-28(2,3)37-27(34)31-13-11-18(12-14-31)22-17-19(7-8-20-9-10-24(29)38-20)32(30-22)26(33)21-5-4-6-23-25(21)36-16-15-35-23/h4-6,9-10,17-18H,7-8,11-16H2,1-3H3. The van der Waals surface area contributed by atoms with Gasteiger partial charge in [0.25, 0.3) is 5.91 Å². The number of para-hydroxylation sites is 1. The first-order chi connectivity index (χ1) is 18.2. The molecule has 0 radical (unpaired) electrons. The number of ether oxygens (including phenoxy) is 3. The van der Waals surface area contributed by atoms with E-state index in [2.05, 4.69) is 0 Å². The monoisotopic (exact) mass is 557 g/mol. The summed E-state index contributed by atoms with van der Waals surface area (Å²) in [4.78, 5) is 29.2. The zero-order valence-electron chi connectivity index (χ0n) is 21.9. The van der Waals surface area contributed by atoms with Gasteiger partial charge in [0.2, 0.25) is 0 Å². The number of halogens is 1. The number of hydrogen-bond donors (Lipinski definition) is 0. The van der Waals surface area contributed by atoms with Gasteiger partial charge in [-0.25, -0.2) is 9.48 Å². The highest BCUT2D eigenvalue weighted by molar-refractivity contribution is 7.16. The van der Waals surface area contributed by atoms with E-state index in [1.54, 1.807) is 34.4 Å². The van der Waals surface area contributed by atoms with Crippen LogP contribution >= 0.6 is 22.9 Å². The van der Waals surface area contributed by atoms with Crippen LogP contribution in [0.25, 0.3) is 0 Å². The molecule has 1 aromatic carbocycles. The molecule has 0 N–H and O–H groups in total. The Morgan fingerprint density at radius 1 is 1.11 bits per heavy atom. The fourth-order valence-corrected chi connectivity index (χ4v) is 5.86. The molecule has 0 bridgehead atoms. The van der Waals surface area contributed by atoms with Crippen LogP contribution < -0.4 is 9.47 Å². The van der Waals surface area contributed by atoms with Crippen LogP contribution in [0.15, 0.2) is 36.4 Å². The number of hydrogen-bond acceptors (Lipinski definition) is 7. The smallest absolute Gasteiger partial charge is 0.410 e. The summed E-state index contributed by atoms with van der Waals surface area (Å²) in [6.45, 7) is 7.62. The first-order valence-corrected chi connectivity index (χ1v) is 14.1. The molecule has 202 valence electrons. The highest BCUT2D eigenvalue weighted by Gasteiger charge is 2.30. The van der Waals surface area contributed by atoms with Crippen molar-refractivity contribution in [2.75, 3.05) is 26.3 Å². The maximum Gasteiger partial charge on any atom is 0.410 e. The van der Waals surface area contributed by atoms with E-state index in [4.69, 9.17) is 30.9 Å². The number of thiophene rings is 1. The van der Waals surface area contributed by atoms with Gasteiger partial charge in [-0.1, -0.05) is 17.7 Å². The Morgan fingerprint density at radius 2 is 1.87 bits per heavy atom. The van der Waals surface area contributed by atoms with E-state index >= 15 is 0 Å². The van der Waals surface area contributed by atoms with Crippen LogP contribution in [0.3, 0.4) is 0 Å². The van der Waals surface area contributed by atoms with Crippen molar-refractivity contribution in [2.45, 2.75) is 58.0 Å². The first kappa shape index (κ1) is 26.6. The molecule has 3 aromatic rings. The van der Waals surface area contributed by atoms with Gasteiger partial charge in [-0.2, -0.15) is 5.10 Å². The Bertz CT molecular complexity index is 1320. The first-order valence-electron chi connectivity index (χ1n) is 12.9. The molecule has 2 aliphatic rings. The fourth-order valence-electron chi connectivity index (χ4n) is 4.77. The molecule has 8 nitrogen and oxygen atoms in total. The third kappa shape index (κ3) is 5.99. The molecule has 0 saturated carbocycles. The summed E-state index contributed by atoms with van der Waals surface area (Å²) in [7, 11) is 0. The number of piperidine rings is 1. The zero-order valence-corrected chi connectivity index (χ0v) is 23.4. The zero-order chi connectivity index (χ0) is 26.9. The summed E-state index contributed by atoms with van der Waals surface area (Å²) in [6.07, 6.45) is 2.60. The largest absolute Gasteiger partial charge is 0.486 e. The average Bonchev–Trinajstić information content (AvgIpc) is 3.52. The van der Waals surface area contributed by atoms with E-state index in [1.165, 1.54) is 4.68 Å². The lowest BCUT2D eigenvalue weighted by Gasteiger charge is -2.32. The number of aryl methyl sites for hydroxylation is 2. The van der Waals surface area contributed by atoms with Crippen molar-refractivity contribution in [1.29, 1.82) is 0 Å². The van der Waals surface area contributed by atoms with Crippen LogP contribution in [0.5, 0.6) is 11.5 Å². The molecule has 0 spiro atoms. The molecule has 2 aromatic heterocycles. The molecular weight excluding hydrogens is 526 g/mol. The van der Waals surface area contributed by atoms with Gasteiger partial charge in [-0.15, -0.1) is 11.3 Å². The molecule has 1 fully saturated rings. The number of aromatic nitrogens is 2. The second-order valence-electron chi connectivity index (χ2n) is 10.6. The van der Waals surface area contributed by atoms with Crippen LogP contribution in [-0.2, 0) is 17.6 Å². The second-order valence-corrected chi connectivity index (χ2v) is 12.4. The van der Waals surface area contributed by atoms with E-state index < -0.39 is 5.60 Å². The maximum absolute atomic E-state index is 13.8. The lowest BCUT2D eigenvalue weighted by atomic mass is 9.93. The van der Waals surface area contributed by atoms with Gasteiger partial charge < -0.3 is 19.1 Å². The third-order valence-electron chi connectivity index (χ3n) is 6.61. The fraction of sp³-hybridized carbons (Fsp3) is 0.464. The number of likely N-dealkylation sites (tertiary alicyclic amines) is 1. The van der Waals surface area contributed by atoms with Gasteiger partial charge in [0, 0.05) is 29.6 Å². The van der Waals surface area contributed by atoms with Crippen LogP contribution in [-0.4, -0.2) is 58.6 Å². The highest BCUT2D eigenvalue weighted by atomic mass is 35.5. The number of amides is 1. The molecule has 4 heterocycles. The Hall–Kier alpha value is -3.04. The minimum atomic E-state index is -0.528. The molecule has 5 rings (SSSR count). The molecule has 2 aliphatic heterocycles. The number of fused-ring (bicyclic) bond motifs is 1. The van der Waals surface area contributed by atoms with Gasteiger partial charge in [0.05, 0.1) is 15.6 Å². The number of carbonyl (C=O) groups is 2. The van der Waals surface area contributed by atoms with Gasteiger partial charge >= 0.3 is 6.09 Å². The van der Waals surface area contributed by atoms with Crippen LogP contribution in [0.4, 0.5) is 4.79 Å². The molecule has 1 saturated heterocycles. The van der Waals surface area contributed by atoms with Gasteiger partial charge in [0.1, 0.15) is 18.8 Å². The summed E-state index contributed by atoms with van der Waals surface area (Å²) in [6, 6.07) is 11.3. The van der Waals surface area contributed by atoms with Crippen molar-refractivity contribution in [3.05, 3.63) is 62.6 Å². The van der Waals surface area contributed by atoms with Crippen LogP contribution in [0, 0.1) is 0 Å². The van der Waals surface area contributed by atoms with Crippen molar-refractivity contribution in [2.24, 2.45) is 0 Å². The van der Waals surface area contributed by atoms with Crippen molar-refractivity contribution in [3.63, 3.8) is 0 Å². The molecule has 0 aliphatic carbocycles. The quantitative estimate of drug-likeness (QED) is 0.385. The van der Waals surface area contributed by atoms with Gasteiger partial charge in [-0.3, -0.25) is 4.79 Å². The molecule has 1 amide bonds. The van der Waals surface area contributed by atoms with E-state index in [1.807, 2.05) is 39.0 Å². The van der Waals surface area contributed by atoms with E-state index in [0.29, 0.717) is 49.8 Å². The Morgan fingerprint density at radius 3 is 2.58 bits per heavy atom. The summed E-state index contributed by atoms with van der Waals surface area (Å²) < 4.78 is 19.3. The van der Waals surface area contributed by atoms with E-state index in [9.17, 15) is 9.59 Å². The topological polar surface area (TPSA) is 82.9 Å². The Balaban J connectivity index is 1.38. The summed E-state index contributed by atoms with van der Waals surface area (Å²) in [5.41, 5.74) is 1.60. The van der Waals surface area contributed by atoms with Crippen molar-refractivity contribution >= 4 is 34.9 Å². The molecule has 0 unspecified atom stereocenters. The Labute approximate surface area is 231 Å². The minimum absolute atomic E-state index is 0.141. The van der Waals surface area contributed by atoms with E-state index in [-0.39, 0.29) is 17.9 Å². The number of carbonyl (C=O) groups excluding carboxylic acids is 2. The van der Waals surface area contributed by atoms with Crippen LogP contribution in [0.1, 0.15) is 66.2 Å². The number of benzene rings is 1. The number of nitrogens with zero attached hydrogens (tertiary/aromatic N) is 3. The summed E-state index contributed by atoms with van der Waals surface area (Å²) in [5.74, 6) is 0.923. The third-order valence-corrected chi connectivity index (χ3v) is 7.90. The Kier molecular flexibility index (Phi) is 7.68. The summed E-state index contributed by atoms with van der Waals surface area (Å²) in [5, 5.41) is 4.82. The second kappa shape index (κ2) is 11.0. The normalized spacial score (nSPS) is 15.9. The molecule has 10 heteroatoms. The van der Waals surface area contributed by atoms with Gasteiger partial charge in [-0.05, 0) is 76.8 Å². The number of rotatable bonds is 5. The van der Waals surface area contributed by atoms with Crippen LogP contribution in [0.2, 0.25) is 4.34 Å². The lowest BCUT2D eigenvalue weighted by molar-refractivity contribution is 0.0204. The predicted octanol–water partition coefficient (Wildman–Crippen LogP) is 5.96. The molecular formula is C28H32ClN3O5S. The highest BCUT2D eigenvalue weighted by Crippen LogP contribution is 2.35. The minimum Gasteiger partial charge on any atom is -0.486 e. The molecule has 0 atom stereocenters. The molecule has 38 heavy (non-hydrogen) atoms. The lowest BCUT2D eigenvalue weighted by Crippen LogP contribution is -2.41. The predicted molar refractivity (Wildman–Crippen MR) is 146 cm³/mol. The maximum atomic E-state index is 13.8. The van der Waals surface area contributed by atoms with Crippen molar-refractivity contribution in [1.82, 2.24) is 14.7 Å². The average molecular weight is 558 g/mol. The van der Waals surface area contributed by atoms with E-state index in [0.717, 1.165) is 39.9 Å².